The van der Waals surface area contributed by atoms with Gasteiger partial charge in [-0.25, -0.2) is 4.39 Å². The van der Waals surface area contributed by atoms with E-state index >= 15 is 0 Å². The first-order valence-electron chi connectivity index (χ1n) is 6.05. The van der Waals surface area contributed by atoms with Crippen molar-refractivity contribution in [2.45, 2.75) is 20.0 Å². The van der Waals surface area contributed by atoms with Crippen molar-refractivity contribution in [1.29, 1.82) is 0 Å². The van der Waals surface area contributed by atoms with Crippen LogP contribution in [0.25, 0.3) is 0 Å². The highest BCUT2D eigenvalue weighted by atomic mass is 79.9. The van der Waals surface area contributed by atoms with Crippen molar-refractivity contribution in [3.63, 3.8) is 0 Å². The Morgan fingerprint density at radius 3 is 2.90 bits per heavy atom. The number of thiophene rings is 1. The van der Waals surface area contributed by atoms with Gasteiger partial charge in [0.2, 0.25) is 5.91 Å². The van der Waals surface area contributed by atoms with E-state index < -0.39 is 0 Å². The lowest BCUT2D eigenvalue weighted by Crippen LogP contribution is -2.15. The van der Waals surface area contributed by atoms with Gasteiger partial charge < -0.3 is 10.6 Å². The maximum atomic E-state index is 13.6. The fourth-order valence-corrected chi connectivity index (χ4v) is 2.98. The molecule has 0 spiro atoms. The van der Waals surface area contributed by atoms with Crippen molar-refractivity contribution in [3.05, 3.63) is 50.4 Å². The number of nitrogens with one attached hydrogen (secondary N) is 2. The molecule has 106 valence electrons. The van der Waals surface area contributed by atoms with Crippen molar-refractivity contribution in [3.8, 4) is 0 Å². The summed E-state index contributed by atoms with van der Waals surface area (Å²) in [5, 5.41) is 7.88. The minimum Gasteiger partial charge on any atom is -0.325 e. The van der Waals surface area contributed by atoms with Crippen molar-refractivity contribution in [1.82, 2.24) is 5.32 Å². The molecule has 0 aliphatic heterocycles. The summed E-state index contributed by atoms with van der Waals surface area (Å²) in [6.07, 6.45) is 0. The molecule has 0 fully saturated rings. The van der Waals surface area contributed by atoms with Gasteiger partial charge in [-0.05, 0) is 29.6 Å². The van der Waals surface area contributed by atoms with E-state index in [9.17, 15) is 9.18 Å². The SMILES string of the molecule is CC(=O)Nc1ccsc1CNCc1cc(Br)ccc1F. The van der Waals surface area contributed by atoms with E-state index in [4.69, 9.17) is 0 Å². The Balaban J connectivity index is 1.94. The van der Waals surface area contributed by atoms with E-state index in [1.807, 2.05) is 11.4 Å². The summed E-state index contributed by atoms with van der Waals surface area (Å²) in [6, 6.07) is 6.73. The Kier molecular flexibility index (Phi) is 5.28. The predicted octanol–water partition coefficient (Wildman–Crippen LogP) is 3.90. The number of halogens is 2. The van der Waals surface area contributed by atoms with Crippen molar-refractivity contribution < 1.29 is 9.18 Å². The van der Waals surface area contributed by atoms with Gasteiger partial charge in [0, 0.05) is 34.9 Å². The summed E-state index contributed by atoms with van der Waals surface area (Å²) in [4.78, 5) is 12.1. The third-order valence-electron chi connectivity index (χ3n) is 2.66. The third kappa shape index (κ3) is 4.13. The normalized spacial score (nSPS) is 10.6. The molecule has 0 unspecified atom stereocenters. The second-order valence-electron chi connectivity index (χ2n) is 4.28. The maximum absolute atomic E-state index is 13.6. The Hall–Kier alpha value is -1.24. The molecule has 0 saturated carbocycles. The van der Waals surface area contributed by atoms with Gasteiger partial charge in [0.05, 0.1) is 5.69 Å². The van der Waals surface area contributed by atoms with Crippen LogP contribution in [0.3, 0.4) is 0 Å². The number of carbonyl (C=O) groups is 1. The molecule has 20 heavy (non-hydrogen) atoms. The highest BCUT2D eigenvalue weighted by Crippen LogP contribution is 2.22. The van der Waals surface area contributed by atoms with Crippen molar-refractivity contribution in [2.75, 3.05) is 5.32 Å². The summed E-state index contributed by atoms with van der Waals surface area (Å²) in [7, 11) is 0. The van der Waals surface area contributed by atoms with E-state index in [1.165, 1.54) is 13.0 Å². The van der Waals surface area contributed by atoms with Crippen LogP contribution in [0.5, 0.6) is 0 Å². The Labute approximate surface area is 129 Å². The zero-order valence-electron chi connectivity index (χ0n) is 10.9. The van der Waals surface area contributed by atoms with Crippen LogP contribution in [0, 0.1) is 5.82 Å². The first kappa shape index (κ1) is 15.2. The second-order valence-corrected chi connectivity index (χ2v) is 6.19. The van der Waals surface area contributed by atoms with Crippen molar-refractivity contribution in [2.24, 2.45) is 0 Å². The van der Waals surface area contributed by atoms with Gasteiger partial charge in [0.15, 0.2) is 0 Å². The number of hydrogen-bond acceptors (Lipinski definition) is 3. The summed E-state index contributed by atoms with van der Waals surface area (Å²) in [6.45, 7) is 2.49. The molecule has 0 atom stereocenters. The number of rotatable bonds is 5. The minimum atomic E-state index is -0.228. The largest absolute Gasteiger partial charge is 0.325 e. The molecule has 1 aromatic carbocycles. The van der Waals surface area contributed by atoms with E-state index in [-0.39, 0.29) is 11.7 Å². The molecule has 1 amide bonds. The van der Waals surface area contributed by atoms with Crippen LogP contribution in [0.2, 0.25) is 0 Å². The Bertz CT molecular complexity index is 615. The molecule has 6 heteroatoms. The lowest BCUT2D eigenvalue weighted by Gasteiger charge is -2.08. The van der Waals surface area contributed by atoms with Gasteiger partial charge in [-0.2, -0.15) is 0 Å². The Morgan fingerprint density at radius 2 is 2.15 bits per heavy atom. The minimum absolute atomic E-state index is 0.0947. The zero-order chi connectivity index (χ0) is 14.5. The van der Waals surface area contributed by atoms with Crippen LogP contribution >= 0.6 is 27.3 Å². The van der Waals surface area contributed by atoms with E-state index in [0.717, 1.165) is 15.0 Å². The van der Waals surface area contributed by atoms with Crippen LogP contribution in [0.4, 0.5) is 10.1 Å². The average Bonchev–Trinajstić information content (AvgIpc) is 2.80. The standard InChI is InChI=1S/C14H14BrFN2OS/c1-9(19)18-13-4-5-20-14(13)8-17-7-10-6-11(15)2-3-12(10)16/h2-6,17H,7-8H2,1H3,(H,18,19). The van der Waals surface area contributed by atoms with E-state index in [1.54, 1.807) is 23.5 Å². The van der Waals surface area contributed by atoms with Crippen molar-refractivity contribution >= 4 is 38.9 Å². The molecule has 0 radical (unpaired) electrons. The first-order chi connectivity index (χ1) is 9.56. The monoisotopic (exact) mass is 356 g/mol. The molecule has 0 aliphatic carbocycles. The molecule has 0 saturated heterocycles. The number of anilines is 1. The summed E-state index contributed by atoms with van der Waals surface area (Å²) >= 11 is 4.88. The maximum Gasteiger partial charge on any atom is 0.221 e. The zero-order valence-corrected chi connectivity index (χ0v) is 13.3. The number of amides is 1. The molecular weight excluding hydrogens is 343 g/mol. The molecule has 0 aliphatic rings. The first-order valence-corrected chi connectivity index (χ1v) is 7.72. The Morgan fingerprint density at radius 1 is 1.35 bits per heavy atom. The van der Waals surface area contributed by atoms with Crippen LogP contribution in [0.15, 0.2) is 34.1 Å². The highest BCUT2D eigenvalue weighted by molar-refractivity contribution is 9.10. The van der Waals surface area contributed by atoms with Gasteiger partial charge >= 0.3 is 0 Å². The lowest BCUT2D eigenvalue weighted by atomic mass is 10.2. The summed E-state index contributed by atoms with van der Waals surface area (Å²) in [5.74, 6) is -0.323. The highest BCUT2D eigenvalue weighted by Gasteiger charge is 2.07. The van der Waals surface area contributed by atoms with Crippen LogP contribution in [0.1, 0.15) is 17.4 Å². The summed E-state index contributed by atoms with van der Waals surface area (Å²) in [5.41, 5.74) is 1.42. The third-order valence-corrected chi connectivity index (χ3v) is 4.08. The van der Waals surface area contributed by atoms with E-state index in [2.05, 4.69) is 26.6 Å². The quantitative estimate of drug-likeness (QED) is 0.852. The molecule has 3 nitrogen and oxygen atoms in total. The van der Waals surface area contributed by atoms with Gasteiger partial charge in [-0.3, -0.25) is 4.79 Å². The number of benzene rings is 1. The van der Waals surface area contributed by atoms with Crippen LogP contribution in [-0.2, 0) is 17.9 Å². The molecule has 2 rings (SSSR count). The number of hydrogen-bond donors (Lipinski definition) is 2. The number of carbonyl (C=O) groups excluding carboxylic acids is 1. The van der Waals surface area contributed by atoms with Gasteiger partial charge in [-0.15, -0.1) is 11.3 Å². The second kappa shape index (κ2) is 6.97. The lowest BCUT2D eigenvalue weighted by molar-refractivity contribution is -0.114. The molecule has 2 aromatic rings. The predicted molar refractivity (Wildman–Crippen MR) is 83.3 cm³/mol. The smallest absolute Gasteiger partial charge is 0.221 e. The van der Waals surface area contributed by atoms with Gasteiger partial charge in [-0.1, -0.05) is 15.9 Å². The van der Waals surface area contributed by atoms with Crippen LogP contribution < -0.4 is 10.6 Å². The summed E-state index contributed by atoms with van der Waals surface area (Å²) < 4.78 is 14.4. The molecular formula is C14H14BrFN2OS. The molecule has 0 bridgehead atoms. The molecule has 2 N–H and O–H groups in total. The topological polar surface area (TPSA) is 41.1 Å². The van der Waals surface area contributed by atoms with E-state index in [0.29, 0.717) is 18.7 Å². The molecule has 1 aromatic heterocycles. The fourth-order valence-electron chi connectivity index (χ4n) is 1.77. The van der Waals surface area contributed by atoms with Gasteiger partial charge in [0.1, 0.15) is 5.82 Å². The van der Waals surface area contributed by atoms with Crippen LogP contribution in [-0.4, -0.2) is 5.91 Å². The fraction of sp³-hybridized carbons (Fsp3) is 0.214. The molecule has 1 heterocycles. The average molecular weight is 357 g/mol. The van der Waals surface area contributed by atoms with Gasteiger partial charge in [0.25, 0.3) is 0 Å².